The number of carbonyl (C=O) groups excluding carboxylic acids is 1. The summed E-state index contributed by atoms with van der Waals surface area (Å²) in [4.78, 5) is 41.1. The second kappa shape index (κ2) is 13.1. The minimum absolute atomic E-state index is 0.256. The number of piperidine rings is 1. The molecule has 14 nitrogen and oxygen atoms in total. The van der Waals surface area contributed by atoms with Crippen LogP contribution in [0, 0.1) is 17.2 Å². The van der Waals surface area contributed by atoms with Crippen LogP contribution in [-0.4, -0.2) is 119 Å². The number of hydrogen-bond donors (Lipinski definition) is 0. The lowest BCUT2D eigenvalue weighted by atomic mass is 9.72. The van der Waals surface area contributed by atoms with Gasteiger partial charge in [-0.25, -0.2) is 9.79 Å². The van der Waals surface area contributed by atoms with Gasteiger partial charge >= 0.3 is 12.1 Å². The molecule has 4 aliphatic rings. The topological polar surface area (TPSA) is 149 Å². The molecule has 266 valence electrons. The molecule has 3 aromatic heterocycles. The Kier molecular flexibility index (Phi) is 8.96. The van der Waals surface area contributed by atoms with Gasteiger partial charge in [-0.15, -0.1) is 11.3 Å². The first-order valence-electron chi connectivity index (χ1n) is 17.4. The van der Waals surface area contributed by atoms with E-state index in [0.29, 0.717) is 78.7 Å². The highest BCUT2D eigenvalue weighted by atomic mass is 32.1. The molecule has 15 heteroatoms. The molecule has 0 N–H and O–H groups in total. The predicted octanol–water partition coefficient (Wildman–Crippen LogP) is 4.85. The Hall–Kier alpha value is -4.29. The van der Waals surface area contributed by atoms with Gasteiger partial charge in [-0.2, -0.15) is 20.2 Å². The molecule has 7 rings (SSSR count). The quantitative estimate of drug-likeness (QED) is 0.233. The number of hydrogen-bond acceptors (Lipinski definition) is 13. The standard InChI is InChI=1S/C35H46N10O4S/c1-34(2,3)48-33(46)45-13-11-44(12-14-45)27-17-24(38-32(39-27)47-19-22-15-21-16-25(21)43(22)7)29-40-31(49-41-29)35(4)10-8-9-26-28(35)23(18-36)30(50-26)37-20-42(5)6/h17,20-22,25H,8-16,19H2,1-7H3/t21-,22+,25+,35+/m1/s1. The largest absolute Gasteiger partial charge is 0.462 e. The normalized spacial score (nSPS) is 25.0. The predicted molar refractivity (Wildman–Crippen MR) is 189 cm³/mol. The minimum atomic E-state index is -0.659. The van der Waals surface area contributed by atoms with Crippen LogP contribution in [-0.2, 0) is 16.6 Å². The maximum atomic E-state index is 12.7. The zero-order chi connectivity index (χ0) is 35.4. The highest BCUT2D eigenvalue weighted by Crippen LogP contribution is 2.50. The fourth-order valence-electron chi connectivity index (χ4n) is 7.41. The van der Waals surface area contributed by atoms with E-state index >= 15 is 0 Å². The van der Waals surface area contributed by atoms with E-state index in [1.807, 2.05) is 45.8 Å². The summed E-state index contributed by atoms with van der Waals surface area (Å²) in [5.41, 5.74) is 0.751. The van der Waals surface area contributed by atoms with E-state index in [-0.39, 0.29) is 12.1 Å². The number of anilines is 1. The summed E-state index contributed by atoms with van der Waals surface area (Å²) in [5.74, 6) is 2.19. The fourth-order valence-corrected chi connectivity index (χ4v) is 8.66. The molecular weight excluding hydrogens is 657 g/mol. The van der Waals surface area contributed by atoms with Crippen molar-refractivity contribution in [3.05, 3.63) is 28.0 Å². The number of aliphatic imine (C=N–C) groups is 1. The van der Waals surface area contributed by atoms with Gasteiger partial charge in [0.1, 0.15) is 34.8 Å². The van der Waals surface area contributed by atoms with Crippen molar-refractivity contribution in [2.24, 2.45) is 10.9 Å². The summed E-state index contributed by atoms with van der Waals surface area (Å²) in [6, 6.07) is 5.51. The Balaban J connectivity index is 1.17. The third-order valence-corrected chi connectivity index (χ3v) is 11.3. The smallest absolute Gasteiger partial charge is 0.410 e. The summed E-state index contributed by atoms with van der Waals surface area (Å²) in [6.45, 7) is 10.3. The molecule has 0 unspecified atom stereocenters. The van der Waals surface area contributed by atoms with Crippen LogP contribution < -0.4 is 9.64 Å². The number of likely N-dealkylation sites (tertiary alicyclic amines) is 1. The average Bonchev–Trinajstić information content (AvgIpc) is 3.37. The third-order valence-electron chi connectivity index (χ3n) is 10.2. The summed E-state index contributed by atoms with van der Waals surface area (Å²) in [7, 11) is 5.97. The van der Waals surface area contributed by atoms with E-state index in [9.17, 15) is 10.1 Å². The molecule has 2 saturated heterocycles. The maximum Gasteiger partial charge on any atom is 0.410 e. The van der Waals surface area contributed by atoms with Crippen molar-refractivity contribution in [2.75, 3.05) is 58.8 Å². The monoisotopic (exact) mass is 702 g/mol. The zero-order valence-electron chi connectivity index (χ0n) is 30.0. The highest BCUT2D eigenvalue weighted by Gasteiger charge is 2.50. The maximum absolute atomic E-state index is 12.7. The summed E-state index contributed by atoms with van der Waals surface area (Å²) < 4.78 is 17.9. The van der Waals surface area contributed by atoms with Crippen molar-refractivity contribution < 1.29 is 18.8 Å². The molecular formula is C35H46N10O4S. The summed E-state index contributed by atoms with van der Waals surface area (Å²) in [6.07, 6.45) is 6.34. The lowest BCUT2D eigenvalue weighted by Crippen LogP contribution is -2.50. The van der Waals surface area contributed by atoms with Gasteiger partial charge in [0.05, 0.1) is 17.3 Å². The van der Waals surface area contributed by atoms with Crippen molar-refractivity contribution >= 4 is 34.6 Å². The average molecular weight is 703 g/mol. The summed E-state index contributed by atoms with van der Waals surface area (Å²) >= 11 is 1.56. The van der Waals surface area contributed by atoms with E-state index in [1.165, 1.54) is 6.42 Å². The van der Waals surface area contributed by atoms with Crippen LogP contribution in [0.3, 0.4) is 0 Å². The van der Waals surface area contributed by atoms with E-state index in [4.69, 9.17) is 28.9 Å². The number of thiophene rings is 1. The Morgan fingerprint density at radius 1 is 1.22 bits per heavy atom. The van der Waals surface area contributed by atoms with Crippen molar-refractivity contribution in [3.8, 4) is 23.6 Å². The number of carbonyl (C=O) groups is 1. The first-order chi connectivity index (χ1) is 23.8. The number of aromatic nitrogens is 4. The molecule has 0 radical (unpaired) electrons. The molecule has 1 amide bonds. The SMILES string of the molecule is CN(C)C=Nc1sc2c(c1C#N)[C@@](C)(c1nc(-c3cc(N4CCN(C(=O)OC(C)(C)C)CC4)nc(OC[C@@H]4C[C@@H]5C[C@@H]5N4C)n3)no1)CCC2. The van der Waals surface area contributed by atoms with Crippen LogP contribution in [0.5, 0.6) is 6.01 Å². The lowest BCUT2D eigenvalue weighted by Gasteiger charge is -2.36. The number of nitrogens with zero attached hydrogens (tertiary/aromatic N) is 10. The van der Waals surface area contributed by atoms with E-state index in [0.717, 1.165) is 42.0 Å². The molecule has 4 atom stereocenters. The molecule has 2 aliphatic heterocycles. The Bertz CT molecular complexity index is 1820. The molecule has 3 aromatic rings. The second-order valence-electron chi connectivity index (χ2n) is 15.3. The highest BCUT2D eigenvalue weighted by molar-refractivity contribution is 7.16. The fraction of sp³-hybridized carbons (Fsp3) is 0.629. The number of amides is 1. The van der Waals surface area contributed by atoms with Crippen LogP contribution in [0.1, 0.15) is 75.3 Å². The Morgan fingerprint density at radius 2 is 2.00 bits per heavy atom. The number of aryl methyl sites for hydroxylation is 1. The van der Waals surface area contributed by atoms with Gasteiger partial charge < -0.3 is 28.7 Å². The van der Waals surface area contributed by atoms with Crippen LogP contribution in [0.15, 0.2) is 15.6 Å². The zero-order valence-corrected chi connectivity index (χ0v) is 30.8. The number of likely N-dealkylation sites (N-methyl/N-ethyl adjacent to an activating group) is 1. The number of ether oxygens (including phenoxy) is 2. The summed E-state index contributed by atoms with van der Waals surface area (Å²) in [5, 5.41) is 15.4. The number of rotatable bonds is 8. The van der Waals surface area contributed by atoms with Gasteiger partial charge in [0, 0.05) is 68.9 Å². The molecule has 3 fully saturated rings. The first kappa shape index (κ1) is 34.2. The van der Waals surface area contributed by atoms with Gasteiger partial charge in [0.15, 0.2) is 0 Å². The number of piperazine rings is 1. The molecule has 0 spiro atoms. The van der Waals surface area contributed by atoms with Crippen molar-refractivity contribution in [2.45, 2.75) is 82.9 Å². The van der Waals surface area contributed by atoms with E-state index < -0.39 is 11.0 Å². The molecule has 5 heterocycles. The van der Waals surface area contributed by atoms with Crippen molar-refractivity contribution in [1.82, 2.24) is 34.8 Å². The number of nitriles is 1. The van der Waals surface area contributed by atoms with E-state index in [1.54, 1.807) is 22.6 Å². The Labute approximate surface area is 297 Å². The molecule has 0 aromatic carbocycles. The van der Waals surface area contributed by atoms with Gasteiger partial charge in [0.25, 0.3) is 0 Å². The van der Waals surface area contributed by atoms with Crippen LogP contribution in [0.2, 0.25) is 0 Å². The number of fused-ring (bicyclic) bond motifs is 2. The van der Waals surface area contributed by atoms with E-state index in [2.05, 4.69) is 40.0 Å². The Morgan fingerprint density at radius 3 is 2.68 bits per heavy atom. The second-order valence-corrected chi connectivity index (χ2v) is 16.4. The van der Waals surface area contributed by atoms with Gasteiger partial charge in [-0.05, 0) is 72.8 Å². The minimum Gasteiger partial charge on any atom is -0.462 e. The molecule has 1 saturated carbocycles. The first-order valence-corrected chi connectivity index (χ1v) is 18.2. The van der Waals surface area contributed by atoms with Crippen LogP contribution in [0.4, 0.5) is 15.6 Å². The van der Waals surface area contributed by atoms with Crippen LogP contribution >= 0.6 is 11.3 Å². The van der Waals surface area contributed by atoms with Crippen molar-refractivity contribution in [1.29, 1.82) is 5.26 Å². The molecule has 2 aliphatic carbocycles. The lowest BCUT2D eigenvalue weighted by molar-refractivity contribution is 0.0240. The third kappa shape index (κ3) is 6.75. The van der Waals surface area contributed by atoms with Gasteiger partial charge in [-0.1, -0.05) is 5.16 Å². The molecule has 0 bridgehead atoms. The molecule has 50 heavy (non-hydrogen) atoms. The van der Waals surface area contributed by atoms with Gasteiger partial charge in [0.2, 0.25) is 11.7 Å². The van der Waals surface area contributed by atoms with Crippen LogP contribution in [0.25, 0.3) is 11.5 Å². The van der Waals surface area contributed by atoms with Gasteiger partial charge in [-0.3, -0.25) is 4.90 Å². The van der Waals surface area contributed by atoms with Crippen molar-refractivity contribution in [3.63, 3.8) is 0 Å².